The lowest BCUT2D eigenvalue weighted by Crippen LogP contribution is -2.14. The monoisotopic (exact) mass is 421 g/mol. The number of carbonyl (C=O) groups excluding carboxylic acids is 1. The van der Waals surface area contributed by atoms with Gasteiger partial charge in [-0.1, -0.05) is 23.2 Å². The van der Waals surface area contributed by atoms with Crippen LogP contribution in [0.15, 0.2) is 34.1 Å². The molecule has 0 spiro atoms. The van der Waals surface area contributed by atoms with Gasteiger partial charge in [0.2, 0.25) is 15.6 Å². The predicted molar refractivity (Wildman–Crippen MR) is 89.7 cm³/mol. The molecule has 0 amide bonds. The zero-order valence-electron chi connectivity index (χ0n) is 12.8. The van der Waals surface area contributed by atoms with Crippen molar-refractivity contribution in [2.75, 3.05) is 7.11 Å². The first-order chi connectivity index (χ1) is 12.0. The summed E-state index contributed by atoms with van der Waals surface area (Å²) in [5.74, 6) is -3.80. The lowest BCUT2D eigenvalue weighted by molar-refractivity contribution is -0.386. The van der Waals surface area contributed by atoms with Crippen molar-refractivity contribution in [2.45, 2.75) is 9.79 Å². The molecule has 0 bridgehead atoms. The summed E-state index contributed by atoms with van der Waals surface area (Å²) in [5.41, 5.74) is -2.37. The van der Waals surface area contributed by atoms with Crippen molar-refractivity contribution in [3.63, 3.8) is 0 Å². The molecule has 2 aromatic carbocycles. The fraction of sp³-hybridized carbons (Fsp3) is 0.0714. The highest BCUT2D eigenvalue weighted by Crippen LogP contribution is 2.43. The van der Waals surface area contributed by atoms with Crippen LogP contribution >= 0.6 is 23.2 Å². The van der Waals surface area contributed by atoms with Gasteiger partial charge in [-0.15, -0.1) is 0 Å². The molecule has 0 radical (unpaired) electrons. The smallest absolute Gasteiger partial charge is 0.346 e. The van der Waals surface area contributed by atoms with Crippen LogP contribution in [0.4, 0.5) is 5.69 Å². The van der Waals surface area contributed by atoms with Crippen LogP contribution in [0.3, 0.4) is 0 Å². The van der Waals surface area contributed by atoms with Gasteiger partial charge in [0.25, 0.3) is 0 Å². The number of rotatable bonds is 4. The Morgan fingerprint density at radius 3 is 2.15 bits per heavy atom. The summed E-state index contributed by atoms with van der Waals surface area (Å²) in [6.07, 6.45) is 0. The van der Waals surface area contributed by atoms with Gasteiger partial charge in [0, 0.05) is 16.1 Å². The van der Waals surface area contributed by atoms with E-state index in [4.69, 9.17) is 23.2 Å². The lowest BCUT2D eigenvalue weighted by Gasteiger charge is -2.12. The minimum atomic E-state index is -4.61. The Balaban J connectivity index is 2.96. The van der Waals surface area contributed by atoms with E-state index < -0.39 is 53.3 Å². The van der Waals surface area contributed by atoms with E-state index in [9.17, 15) is 33.5 Å². The number of halogens is 2. The molecule has 0 unspecified atom stereocenters. The van der Waals surface area contributed by atoms with Gasteiger partial charge in [0.05, 0.1) is 21.8 Å². The second-order valence-corrected chi connectivity index (χ2v) is 7.61. The van der Waals surface area contributed by atoms with Crippen LogP contribution in [-0.4, -0.2) is 36.6 Å². The first kappa shape index (κ1) is 19.8. The summed E-state index contributed by atoms with van der Waals surface area (Å²) >= 11 is 11.5. The molecule has 26 heavy (non-hydrogen) atoms. The molecule has 0 aliphatic carbocycles. The summed E-state index contributed by atoms with van der Waals surface area (Å²) in [5, 5.41) is 30.5. The number of benzene rings is 2. The van der Waals surface area contributed by atoms with Crippen LogP contribution < -0.4 is 0 Å². The van der Waals surface area contributed by atoms with Crippen LogP contribution in [0, 0.1) is 10.1 Å². The molecule has 12 heteroatoms. The zero-order valence-corrected chi connectivity index (χ0v) is 15.1. The molecule has 0 fully saturated rings. The molecule has 138 valence electrons. The fourth-order valence-corrected chi connectivity index (χ4v) is 4.31. The quantitative estimate of drug-likeness (QED) is 0.331. The highest BCUT2D eigenvalue weighted by atomic mass is 35.5. The van der Waals surface area contributed by atoms with Crippen molar-refractivity contribution >= 4 is 44.7 Å². The summed E-state index contributed by atoms with van der Waals surface area (Å²) < 4.78 is 30.1. The maximum absolute atomic E-state index is 12.9. The van der Waals surface area contributed by atoms with E-state index in [2.05, 4.69) is 4.74 Å². The lowest BCUT2D eigenvalue weighted by atomic mass is 10.1. The second-order valence-electron chi connectivity index (χ2n) is 4.82. The number of carbonyl (C=O) groups is 1. The third-order valence-corrected chi connectivity index (χ3v) is 5.42. The molecule has 0 saturated heterocycles. The van der Waals surface area contributed by atoms with Gasteiger partial charge < -0.3 is 14.9 Å². The number of hydrogen-bond donors (Lipinski definition) is 2. The van der Waals surface area contributed by atoms with Crippen LogP contribution in [-0.2, 0) is 14.6 Å². The number of nitrogens with zero attached hydrogens (tertiary/aromatic N) is 1. The Kier molecular flexibility index (Phi) is 5.31. The van der Waals surface area contributed by atoms with Crippen LogP contribution in [0.2, 0.25) is 10.0 Å². The van der Waals surface area contributed by atoms with E-state index in [0.29, 0.717) is 6.07 Å². The van der Waals surface area contributed by atoms with Gasteiger partial charge in [-0.3, -0.25) is 10.1 Å². The molecule has 2 aromatic rings. The highest BCUT2D eigenvalue weighted by Gasteiger charge is 2.37. The maximum atomic E-state index is 12.9. The maximum Gasteiger partial charge on any atom is 0.346 e. The topological polar surface area (TPSA) is 144 Å². The molecule has 0 heterocycles. The minimum Gasteiger partial charge on any atom is -0.504 e. The molecule has 2 rings (SSSR count). The number of methoxy groups -OCH3 is 1. The van der Waals surface area contributed by atoms with Crippen LogP contribution in [0.1, 0.15) is 10.4 Å². The van der Waals surface area contributed by atoms with Gasteiger partial charge in [0.1, 0.15) is 0 Å². The fourth-order valence-electron chi connectivity index (χ4n) is 2.12. The second kappa shape index (κ2) is 6.98. The number of sulfone groups is 1. The Labute approximate surface area is 156 Å². The largest absolute Gasteiger partial charge is 0.504 e. The van der Waals surface area contributed by atoms with Crippen molar-refractivity contribution in [1.29, 1.82) is 0 Å². The summed E-state index contributed by atoms with van der Waals surface area (Å²) in [7, 11) is -3.75. The molecular weight excluding hydrogens is 413 g/mol. The molecule has 0 saturated carbocycles. The summed E-state index contributed by atoms with van der Waals surface area (Å²) in [4.78, 5) is 20.6. The van der Waals surface area contributed by atoms with Crippen molar-refractivity contribution < 1.29 is 33.1 Å². The third kappa shape index (κ3) is 3.39. The van der Waals surface area contributed by atoms with E-state index in [1.807, 2.05) is 0 Å². The van der Waals surface area contributed by atoms with E-state index in [1.165, 1.54) is 6.07 Å². The number of ether oxygens (including phenoxy) is 1. The van der Waals surface area contributed by atoms with Gasteiger partial charge in [-0.25, -0.2) is 13.2 Å². The number of aromatic hydroxyl groups is 2. The molecule has 9 nitrogen and oxygen atoms in total. The SMILES string of the molecule is COC(=O)c1c(S(=O)(=O)c2cc(Cl)cc(Cl)c2)cc(O)c(O)c1[N+](=O)[O-]. The predicted octanol–water partition coefficient (Wildman–Crippen LogP) is 2.93. The Bertz CT molecular complexity index is 1020. The van der Waals surface area contributed by atoms with Crippen LogP contribution in [0.5, 0.6) is 11.5 Å². The molecule has 0 aliphatic heterocycles. The number of hydrogen-bond acceptors (Lipinski definition) is 8. The summed E-state index contributed by atoms with van der Waals surface area (Å²) in [6.45, 7) is 0. The molecule has 0 aliphatic rings. The number of esters is 1. The number of nitro benzene ring substituents is 1. The minimum absolute atomic E-state index is 0.0480. The Hall–Kier alpha value is -2.56. The van der Waals surface area contributed by atoms with Crippen LogP contribution in [0.25, 0.3) is 0 Å². The van der Waals surface area contributed by atoms with Crippen molar-refractivity contribution in [3.05, 3.63) is 50.0 Å². The van der Waals surface area contributed by atoms with Gasteiger partial charge in [-0.2, -0.15) is 0 Å². The molecule has 0 atom stereocenters. The Morgan fingerprint density at radius 1 is 1.15 bits per heavy atom. The van der Waals surface area contributed by atoms with Crippen molar-refractivity contribution in [3.8, 4) is 11.5 Å². The standard InChI is InChI=1S/C14H9Cl2NO8S/c1-25-14(20)11-10(5-9(18)13(19)12(11)17(21)22)26(23,24)8-3-6(15)2-7(16)4-8/h2-5,18-19H,1H3. The van der Waals surface area contributed by atoms with Crippen molar-refractivity contribution in [2.24, 2.45) is 0 Å². The first-order valence-electron chi connectivity index (χ1n) is 6.53. The van der Waals surface area contributed by atoms with Gasteiger partial charge >= 0.3 is 11.7 Å². The average Bonchev–Trinajstić information content (AvgIpc) is 2.54. The number of phenolic OH excluding ortho intramolecular Hbond substituents is 2. The number of nitro groups is 1. The summed E-state index contributed by atoms with van der Waals surface area (Å²) in [6, 6.07) is 3.75. The Morgan fingerprint density at radius 2 is 1.69 bits per heavy atom. The highest BCUT2D eigenvalue weighted by molar-refractivity contribution is 7.91. The normalized spacial score (nSPS) is 11.2. The van der Waals surface area contributed by atoms with Gasteiger partial charge in [-0.05, 0) is 18.2 Å². The van der Waals surface area contributed by atoms with E-state index in [-0.39, 0.29) is 10.0 Å². The third-order valence-electron chi connectivity index (χ3n) is 3.23. The zero-order chi connectivity index (χ0) is 19.8. The number of phenols is 2. The van der Waals surface area contributed by atoms with E-state index in [0.717, 1.165) is 19.2 Å². The van der Waals surface area contributed by atoms with E-state index in [1.54, 1.807) is 0 Å². The first-order valence-corrected chi connectivity index (χ1v) is 8.77. The molecular formula is C14H9Cl2NO8S. The van der Waals surface area contributed by atoms with Crippen molar-refractivity contribution in [1.82, 2.24) is 0 Å². The molecule has 0 aromatic heterocycles. The average molecular weight is 422 g/mol. The van der Waals surface area contributed by atoms with Gasteiger partial charge in [0.15, 0.2) is 11.3 Å². The van der Waals surface area contributed by atoms with E-state index >= 15 is 0 Å². The molecule has 2 N–H and O–H groups in total.